The number of halogens is 3. The summed E-state index contributed by atoms with van der Waals surface area (Å²) in [6.07, 6.45) is -5.21. The van der Waals surface area contributed by atoms with Crippen LogP contribution >= 0.6 is 0 Å². The Morgan fingerprint density at radius 3 is 2.31 bits per heavy atom. The van der Waals surface area contributed by atoms with Gasteiger partial charge in [-0.1, -0.05) is 12.1 Å². The molecule has 0 fully saturated rings. The molecule has 5 heteroatoms. The van der Waals surface area contributed by atoms with Crippen LogP contribution in [0.25, 0.3) is 0 Å². The van der Waals surface area contributed by atoms with E-state index in [2.05, 4.69) is 0 Å². The summed E-state index contributed by atoms with van der Waals surface area (Å²) in [7, 11) is 0. The van der Waals surface area contributed by atoms with Crippen molar-refractivity contribution in [1.29, 1.82) is 0 Å². The Kier molecular flexibility index (Phi) is 4.68. The molecule has 0 amide bonds. The molecule has 13 heavy (non-hydrogen) atoms. The first kappa shape index (κ1) is 12.7. The van der Waals surface area contributed by atoms with E-state index in [1.54, 1.807) is 0 Å². The normalized spacial score (nSPS) is 10.7. The average Bonchev–Trinajstić information content (AvgIpc) is 1.82. The van der Waals surface area contributed by atoms with Gasteiger partial charge in [0.2, 0.25) is 0 Å². The molecule has 0 radical (unpaired) electrons. The van der Waals surface area contributed by atoms with Crippen LogP contribution in [0, 0.1) is 0 Å². The van der Waals surface area contributed by atoms with E-state index in [0.717, 1.165) is 6.07 Å². The molecule has 0 heterocycles. The van der Waals surface area contributed by atoms with Gasteiger partial charge in [-0.3, -0.25) is 0 Å². The third kappa shape index (κ3) is 5.09. The molecule has 1 N–H and O–H groups in total. The van der Waals surface area contributed by atoms with Crippen LogP contribution in [0.2, 0.25) is 0 Å². The Morgan fingerprint density at radius 1 is 1.23 bits per heavy atom. The zero-order valence-electron chi connectivity index (χ0n) is 6.60. The van der Waals surface area contributed by atoms with E-state index in [9.17, 15) is 13.2 Å². The van der Waals surface area contributed by atoms with Crippen molar-refractivity contribution in [3.8, 4) is 5.75 Å². The van der Waals surface area contributed by atoms with Gasteiger partial charge in [0.15, 0.2) is 0 Å². The fourth-order valence-corrected chi connectivity index (χ4v) is 0.898. The molecule has 1 nitrogen and oxygen atoms in total. The fourth-order valence-electron chi connectivity index (χ4n) is 0.898. The summed E-state index contributed by atoms with van der Waals surface area (Å²) in [5, 5.41) is 8.84. The molecule has 0 atom stereocenters. The quantitative estimate of drug-likeness (QED) is 0.829. The molecular weight excluding hydrogens is 260 g/mol. The number of aromatic hydroxyl groups is 1. The van der Waals surface area contributed by atoms with Crippen LogP contribution < -0.4 is 0 Å². The van der Waals surface area contributed by atoms with Crippen LogP contribution in [0.3, 0.4) is 0 Å². The maximum atomic E-state index is 11.8. The number of phenolic OH excluding ortho intramolecular Hbond substituents is 1. The van der Waals surface area contributed by atoms with Gasteiger partial charge in [0.25, 0.3) is 0 Å². The molecule has 1 aromatic carbocycles. The number of hydrogen-bond acceptors (Lipinski definition) is 1. The van der Waals surface area contributed by atoms with Crippen molar-refractivity contribution >= 4 is 0 Å². The summed E-state index contributed by atoms with van der Waals surface area (Å²) in [4.78, 5) is 0. The van der Waals surface area contributed by atoms with Gasteiger partial charge in [0.1, 0.15) is 5.75 Å². The minimum atomic E-state index is -4.21. The SMILES string of the molecule is Oc1cccc(CC(F)(F)F)c1.[Zr]. The summed E-state index contributed by atoms with van der Waals surface area (Å²) in [6.45, 7) is 0. The van der Waals surface area contributed by atoms with Crippen molar-refractivity contribution in [2.45, 2.75) is 12.6 Å². The molecule has 0 unspecified atom stereocenters. The Labute approximate surface area is 92.7 Å². The van der Waals surface area contributed by atoms with Crippen molar-refractivity contribution < 1.29 is 44.5 Å². The van der Waals surface area contributed by atoms with Gasteiger partial charge in [0.05, 0.1) is 6.42 Å². The van der Waals surface area contributed by atoms with Crippen LogP contribution in [0.4, 0.5) is 13.2 Å². The summed E-state index contributed by atoms with van der Waals surface area (Å²) < 4.78 is 35.4. The molecule has 0 saturated heterocycles. The Balaban J connectivity index is 0.00000144. The standard InChI is InChI=1S/C8H7F3O.Zr/c9-8(10,11)5-6-2-1-3-7(12)4-6;/h1-4,12H,5H2;. The summed E-state index contributed by atoms with van der Waals surface area (Å²) in [6, 6.07) is 5.15. The van der Waals surface area contributed by atoms with E-state index in [4.69, 9.17) is 5.11 Å². The minimum absolute atomic E-state index is 0. The van der Waals surface area contributed by atoms with Gasteiger partial charge in [-0.2, -0.15) is 13.2 Å². The van der Waals surface area contributed by atoms with E-state index in [-0.39, 0.29) is 37.5 Å². The zero-order valence-corrected chi connectivity index (χ0v) is 9.06. The van der Waals surface area contributed by atoms with Crippen LogP contribution in [0.15, 0.2) is 24.3 Å². The first-order valence-electron chi connectivity index (χ1n) is 3.32. The van der Waals surface area contributed by atoms with Crippen LogP contribution in [0.5, 0.6) is 5.75 Å². The topological polar surface area (TPSA) is 20.2 Å². The Bertz CT molecular complexity index is 272. The van der Waals surface area contributed by atoms with Gasteiger partial charge < -0.3 is 5.11 Å². The first-order valence-corrected chi connectivity index (χ1v) is 3.32. The fraction of sp³-hybridized carbons (Fsp3) is 0.250. The molecule has 0 aliphatic rings. The smallest absolute Gasteiger partial charge is 0.393 e. The van der Waals surface area contributed by atoms with E-state index in [1.165, 1.54) is 18.2 Å². The van der Waals surface area contributed by atoms with Gasteiger partial charge in [-0.05, 0) is 17.7 Å². The van der Waals surface area contributed by atoms with E-state index in [0.29, 0.717) is 0 Å². The van der Waals surface area contributed by atoms with Gasteiger partial charge >= 0.3 is 6.18 Å². The molecule has 0 bridgehead atoms. The zero-order chi connectivity index (χ0) is 9.19. The third-order valence-corrected chi connectivity index (χ3v) is 1.32. The molecule has 0 saturated carbocycles. The van der Waals surface area contributed by atoms with Crippen molar-refractivity contribution in [3.05, 3.63) is 29.8 Å². The molecule has 70 valence electrons. The summed E-state index contributed by atoms with van der Waals surface area (Å²) in [5.41, 5.74) is 0.0718. The van der Waals surface area contributed by atoms with Crippen molar-refractivity contribution in [1.82, 2.24) is 0 Å². The molecule has 0 aliphatic carbocycles. The predicted octanol–water partition coefficient (Wildman–Crippen LogP) is 2.49. The second-order valence-corrected chi connectivity index (χ2v) is 2.46. The van der Waals surface area contributed by atoms with Gasteiger partial charge in [-0.15, -0.1) is 0 Å². The summed E-state index contributed by atoms with van der Waals surface area (Å²) in [5.74, 6) is -0.142. The van der Waals surface area contributed by atoms with E-state index < -0.39 is 12.6 Å². The van der Waals surface area contributed by atoms with E-state index >= 15 is 0 Å². The molecule has 1 rings (SSSR count). The van der Waals surface area contributed by atoms with Crippen molar-refractivity contribution in [2.24, 2.45) is 0 Å². The number of rotatable bonds is 1. The monoisotopic (exact) mass is 266 g/mol. The summed E-state index contributed by atoms with van der Waals surface area (Å²) >= 11 is 0. The molecular formula is C8H7F3OZr. The predicted molar refractivity (Wildman–Crippen MR) is 37.9 cm³/mol. The molecule has 1 aromatic rings. The number of hydrogen-bond donors (Lipinski definition) is 1. The minimum Gasteiger partial charge on any atom is -0.508 e. The Hall–Kier alpha value is -0.307. The van der Waals surface area contributed by atoms with Crippen molar-refractivity contribution in [3.63, 3.8) is 0 Å². The van der Waals surface area contributed by atoms with Gasteiger partial charge in [0, 0.05) is 26.2 Å². The van der Waals surface area contributed by atoms with Gasteiger partial charge in [-0.25, -0.2) is 0 Å². The second-order valence-electron chi connectivity index (χ2n) is 2.46. The first-order chi connectivity index (χ1) is 5.47. The van der Waals surface area contributed by atoms with Crippen LogP contribution in [-0.4, -0.2) is 11.3 Å². The largest absolute Gasteiger partial charge is 0.508 e. The second kappa shape index (κ2) is 4.80. The average molecular weight is 267 g/mol. The molecule has 0 aliphatic heterocycles. The van der Waals surface area contributed by atoms with E-state index in [1.807, 2.05) is 0 Å². The number of alkyl halides is 3. The van der Waals surface area contributed by atoms with Crippen LogP contribution in [-0.2, 0) is 32.6 Å². The number of benzene rings is 1. The molecule has 0 spiro atoms. The maximum absolute atomic E-state index is 11.8. The number of phenols is 1. The molecule has 0 aromatic heterocycles. The van der Waals surface area contributed by atoms with Crippen molar-refractivity contribution in [2.75, 3.05) is 0 Å². The third-order valence-electron chi connectivity index (χ3n) is 1.32. The maximum Gasteiger partial charge on any atom is 0.393 e. The van der Waals surface area contributed by atoms with Crippen LogP contribution in [0.1, 0.15) is 5.56 Å². The Morgan fingerprint density at radius 2 is 1.85 bits per heavy atom.